The van der Waals surface area contributed by atoms with E-state index < -0.39 is 0 Å². The zero-order valence-corrected chi connectivity index (χ0v) is 10.3. The van der Waals surface area contributed by atoms with Crippen LogP contribution in [-0.4, -0.2) is 11.9 Å². The third kappa shape index (κ3) is 3.14. The van der Waals surface area contributed by atoms with Gasteiger partial charge < -0.3 is 11.1 Å². The Morgan fingerprint density at radius 1 is 1.56 bits per heavy atom. The van der Waals surface area contributed by atoms with Crippen LogP contribution in [-0.2, 0) is 0 Å². The number of rotatable bonds is 4. The summed E-state index contributed by atoms with van der Waals surface area (Å²) in [7, 11) is 0. The minimum Gasteiger partial charge on any atom is -0.397 e. The Morgan fingerprint density at radius 3 is 2.88 bits per heavy atom. The molecule has 0 aliphatic carbocycles. The maximum atomic E-state index is 11.9. The highest BCUT2D eigenvalue weighted by atomic mass is 35.5. The van der Waals surface area contributed by atoms with E-state index in [9.17, 15) is 4.79 Å². The van der Waals surface area contributed by atoms with Gasteiger partial charge in [-0.1, -0.05) is 31.0 Å². The zero-order valence-electron chi connectivity index (χ0n) is 9.59. The van der Waals surface area contributed by atoms with Crippen molar-refractivity contribution in [2.75, 3.05) is 5.73 Å². The average Bonchev–Trinajstić information content (AvgIpc) is 2.22. The normalized spacial score (nSPS) is 12.2. The Morgan fingerprint density at radius 2 is 2.25 bits per heavy atom. The molecule has 3 nitrogen and oxygen atoms in total. The van der Waals surface area contributed by atoms with Crippen molar-refractivity contribution in [1.82, 2.24) is 5.32 Å². The first-order valence-electron chi connectivity index (χ1n) is 5.41. The molecule has 4 heteroatoms. The van der Waals surface area contributed by atoms with Gasteiger partial charge in [-0.3, -0.25) is 4.79 Å². The molecule has 16 heavy (non-hydrogen) atoms. The number of nitrogens with two attached hydrogens (primary N) is 1. The summed E-state index contributed by atoms with van der Waals surface area (Å²) in [5.41, 5.74) is 6.52. The summed E-state index contributed by atoms with van der Waals surface area (Å²) in [5.74, 6) is -0.166. The van der Waals surface area contributed by atoms with Crippen molar-refractivity contribution >= 4 is 23.2 Å². The maximum Gasteiger partial charge on any atom is 0.253 e. The molecule has 1 rings (SSSR count). The Balaban J connectivity index is 2.77. The average molecular weight is 241 g/mol. The van der Waals surface area contributed by atoms with Crippen LogP contribution >= 0.6 is 11.6 Å². The highest BCUT2D eigenvalue weighted by molar-refractivity contribution is 6.33. The molecule has 1 aromatic rings. The van der Waals surface area contributed by atoms with E-state index >= 15 is 0 Å². The smallest absolute Gasteiger partial charge is 0.253 e. The number of carbonyl (C=O) groups excluding carboxylic acids is 1. The molecule has 0 bridgehead atoms. The van der Waals surface area contributed by atoms with E-state index in [1.54, 1.807) is 18.2 Å². The molecule has 1 unspecified atom stereocenters. The van der Waals surface area contributed by atoms with Crippen molar-refractivity contribution in [2.24, 2.45) is 0 Å². The summed E-state index contributed by atoms with van der Waals surface area (Å²) in [6.45, 7) is 4.05. The van der Waals surface area contributed by atoms with E-state index in [1.807, 2.05) is 6.92 Å². The lowest BCUT2D eigenvalue weighted by Crippen LogP contribution is -2.32. The van der Waals surface area contributed by atoms with Crippen LogP contribution in [0.1, 0.15) is 37.0 Å². The number of hydrogen-bond acceptors (Lipinski definition) is 2. The number of amides is 1. The number of nitrogen functional groups attached to an aromatic ring is 1. The lowest BCUT2D eigenvalue weighted by molar-refractivity contribution is 0.0939. The van der Waals surface area contributed by atoms with E-state index in [4.69, 9.17) is 17.3 Å². The molecule has 0 aliphatic heterocycles. The third-order valence-corrected chi connectivity index (χ3v) is 2.73. The molecular weight excluding hydrogens is 224 g/mol. The second-order valence-electron chi connectivity index (χ2n) is 3.86. The summed E-state index contributed by atoms with van der Waals surface area (Å²) in [4.78, 5) is 11.9. The zero-order chi connectivity index (χ0) is 12.1. The van der Waals surface area contributed by atoms with Crippen LogP contribution in [0.5, 0.6) is 0 Å². The van der Waals surface area contributed by atoms with Crippen molar-refractivity contribution in [2.45, 2.75) is 32.7 Å². The van der Waals surface area contributed by atoms with Crippen molar-refractivity contribution in [3.63, 3.8) is 0 Å². The largest absolute Gasteiger partial charge is 0.397 e. The van der Waals surface area contributed by atoms with Gasteiger partial charge in [-0.05, 0) is 25.5 Å². The SMILES string of the molecule is CCCC(C)NC(=O)c1cccc(Cl)c1N. The first-order valence-corrected chi connectivity index (χ1v) is 5.79. The number of benzene rings is 1. The molecule has 1 aromatic carbocycles. The standard InChI is InChI=1S/C12H17ClN2O/c1-3-5-8(2)15-12(16)9-6-4-7-10(13)11(9)14/h4,6-8H,3,5,14H2,1-2H3,(H,15,16). The monoisotopic (exact) mass is 240 g/mol. The van der Waals surface area contributed by atoms with Gasteiger partial charge >= 0.3 is 0 Å². The van der Waals surface area contributed by atoms with Crippen molar-refractivity contribution in [3.05, 3.63) is 28.8 Å². The van der Waals surface area contributed by atoms with Gasteiger partial charge in [-0.2, -0.15) is 0 Å². The van der Waals surface area contributed by atoms with Gasteiger partial charge in [0.05, 0.1) is 16.3 Å². The topological polar surface area (TPSA) is 55.1 Å². The van der Waals surface area contributed by atoms with Gasteiger partial charge in [0.2, 0.25) is 0 Å². The van der Waals surface area contributed by atoms with E-state index in [0.717, 1.165) is 12.8 Å². The second-order valence-corrected chi connectivity index (χ2v) is 4.27. The van der Waals surface area contributed by atoms with Crippen molar-refractivity contribution < 1.29 is 4.79 Å². The van der Waals surface area contributed by atoms with Gasteiger partial charge in [-0.15, -0.1) is 0 Å². The minimum absolute atomic E-state index is 0.149. The number of nitrogens with one attached hydrogen (secondary N) is 1. The molecule has 88 valence electrons. The van der Waals surface area contributed by atoms with Crippen LogP contribution in [0.2, 0.25) is 5.02 Å². The molecule has 0 heterocycles. The van der Waals surface area contributed by atoms with Gasteiger partial charge in [0, 0.05) is 6.04 Å². The molecule has 0 radical (unpaired) electrons. The number of anilines is 1. The van der Waals surface area contributed by atoms with Gasteiger partial charge in [0.25, 0.3) is 5.91 Å². The number of halogens is 1. The summed E-state index contributed by atoms with van der Waals surface area (Å²) in [6.07, 6.45) is 1.98. The Bertz CT molecular complexity index is 379. The summed E-state index contributed by atoms with van der Waals surface area (Å²) >= 11 is 5.85. The van der Waals surface area contributed by atoms with E-state index in [2.05, 4.69) is 12.2 Å². The second kappa shape index (κ2) is 5.75. The molecular formula is C12H17ClN2O. The first-order chi connectivity index (χ1) is 7.56. The minimum atomic E-state index is -0.166. The predicted molar refractivity (Wildman–Crippen MR) is 67.7 cm³/mol. The van der Waals surface area contributed by atoms with Crippen LogP contribution in [0.15, 0.2) is 18.2 Å². The van der Waals surface area contributed by atoms with Crippen LogP contribution in [0.4, 0.5) is 5.69 Å². The van der Waals surface area contributed by atoms with E-state index in [0.29, 0.717) is 16.3 Å². The van der Waals surface area contributed by atoms with E-state index in [-0.39, 0.29) is 11.9 Å². The van der Waals surface area contributed by atoms with Crippen LogP contribution in [0.25, 0.3) is 0 Å². The maximum absolute atomic E-state index is 11.9. The predicted octanol–water partition coefficient (Wildman–Crippen LogP) is 2.84. The molecule has 0 saturated carbocycles. The fraction of sp³-hybridized carbons (Fsp3) is 0.417. The van der Waals surface area contributed by atoms with Gasteiger partial charge in [-0.25, -0.2) is 0 Å². The molecule has 0 saturated heterocycles. The summed E-state index contributed by atoms with van der Waals surface area (Å²) in [5, 5.41) is 3.30. The summed E-state index contributed by atoms with van der Waals surface area (Å²) in [6, 6.07) is 5.21. The van der Waals surface area contributed by atoms with Crippen LogP contribution < -0.4 is 11.1 Å². The molecule has 0 aromatic heterocycles. The molecule has 3 N–H and O–H groups in total. The lowest BCUT2D eigenvalue weighted by atomic mass is 10.1. The molecule has 0 spiro atoms. The first kappa shape index (κ1) is 12.8. The van der Waals surface area contributed by atoms with E-state index in [1.165, 1.54) is 0 Å². The van der Waals surface area contributed by atoms with Crippen LogP contribution in [0.3, 0.4) is 0 Å². The molecule has 1 amide bonds. The Hall–Kier alpha value is -1.22. The fourth-order valence-corrected chi connectivity index (χ4v) is 1.72. The Labute approximate surface area is 101 Å². The summed E-state index contributed by atoms with van der Waals surface area (Å²) < 4.78 is 0. The van der Waals surface area contributed by atoms with Crippen molar-refractivity contribution in [1.29, 1.82) is 0 Å². The fourth-order valence-electron chi connectivity index (χ4n) is 1.54. The van der Waals surface area contributed by atoms with Gasteiger partial charge in [0.1, 0.15) is 0 Å². The molecule has 1 atom stereocenters. The number of hydrogen-bond donors (Lipinski definition) is 2. The van der Waals surface area contributed by atoms with Crippen molar-refractivity contribution in [3.8, 4) is 0 Å². The Kier molecular flexibility index (Phi) is 4.62. The molecule has 0 fully saturated rings. The molecule has 0 aliphatic rings. The quantitative estimate of drug-likeness (QED) is 0.796. The third-order valence-electron chi connectivity index (χ3n) is 2.40. The number of para-hydroxylation sites is 1. The van der Waals surface area contributed by atoms with Crippen LogP contribution in [0, 0.1) is 0 Å². The number of carbonyl (C=O) groups is 1. The highest BCUT2D eigenvalue weighted by Crippen LogP contribution is 2.22. The van der Waals surface area contributed by atoms with Gasteiger partial charge in [0.15, 0.2) is 0 Å². The lowest BCUT2D eigenvalue weighted by Gasteiger charge is -2.14. The highest BCUT2D eigenvalue weighted by Gasteiger charge is 2.13.